The molecule has 0 amide bonds. The molecule has 0 saturated carbocycles. The molecule has 4 atom stereocenters. The molecule has 6 rings (SSSR count). The average molecular weight is 707 g/mol. The number of esters is 1. The lowest BCUT2D eigenvalue weighted by atomic mass is 9.65. The number of carbonyl (C=O) groups is 3. The third kappa shape index (κ3) is 6.29. The third-order valence-electron chi connectivity index (χ3n) is 10.6. The molecule has 3 N–H and O–H groups in total. The molecule has 8 bridgehead atoms. The van der Waals surface area contributed by atoms with E-state index in [4.69, 9.17) is 28.9 Å². The normalized spacial score (nSPS) is 29.9. The van der Waals surface area contributed by atoms with Gasteiger partial charge in [0.15, 0.2) is 5.76 Å². The zero-order valence-electron chi connectivity index (χ0n) is 29.9. The van der Waals surface area contributed by atoms with E-state index in [1.54, 1.807) is 6.08 Å². The maximum Gasteiger partial charge on any atom is 0.305 e. The summed E-state index contributed by atoms with van der Waals surface area (Å²) in [4.78, 5) is 45.1. The van der Waals surface area contributed by atoms with Crippen molar-refractivity contribution in [1.29, 1.82) is 0 Å². The molecule has 1 saturated heterocycles. The Balaban J connectivity index is 1.61. The minimum atomic E-state index is -0.813. The van der Waals surface area contributed by atoms with E-state index in [1.165, 1.54) is 7.11 Å². The molecule has 2 unspecified atom stereocenters. The number of aliphatic imine (C=N–C) groups is 2. The second-order valence-corrected chi connectivity index (χ2v) is 13.4. The Morgan fingerprint density at radius 2 is 1.79 bits per heavy atom. The second-order valence-electron chi connectivity index (χ2n) is 13.4. The number of hydrogen-bond donors (Lipinski definition) is 3. The Labute approximate surface area is 302 Å². The van der Waals surface area contributed by atoms with Crippen molar-refractivity contribution in [3.05, 3.63) is 129 Å². The molecule has 5 heterocycles. The van der Waals surface area contributed by atoms with Gasteiger partial charge in [-0.25, -0.2) is 9.98 Å². The molecule has 0 aromatic carbocycles. The van der Waals surface area contributed by atoms with Gasteiger partial charge in [-0.15, -0.1) is 0 Å². The summed E-state index contributed by atoms with van der Waals surface area (Å²) in [6.07, 6.45) is 14.2. The quantitative estimate of drug-likeness (QED) is 0.102. The van der Waals surface area contributed by atoms with Crippen molar-refractivity contribution in [2.75, 3.05) is 20.3 Å². The summed E-state index contributed by atoms with van der Waals surface area (Å²) in [6.45, 7) is 16.5. The number of ether oxygens (including phenoxy) is 4. The van der Waals surface area contributed by atoms with Gasteiger partial charge >= 0.3 is 5.97 Å². The monoisotopic (exact) mass is 706 g/mol. The van der Waals surface area contributed by atoms with Crippen molar-refractivity contribution in [3.63, 3.8) is 0 Å². The number of aliphatic hydroxyl groups excluding tert-OH is 1. The fourth-order valence-electron chi connectivity index (χ4n) is 7.72. The van der Waals surface area contributed by atoms with Crippen LogP contribution in [-0.4, -0.2) is 61.8 Å². The van der Waals surface area contributed by atoms with Gasteiger partial charge in [0.2, 0.25) is 0 Å². The molecule has 1 fully saturated rings. The molecule has 12 nitrogen and oxygen atoms in total. The van der Waals surface area contributed by atoms with E-state index in [2.05, 4.69) is 36.8 Å². The van der Waals surface area contributed by atoms with Gasteiger partial charge in [-0.05, 0) is 80.4 Å². The number of aliphatic hydroxyl groups is 1. The summed E-state index contributed by atoms with van der Waals surface area (Å²) < 4.78 is 21.3. The lowest BCUT2D eigenvalue weighted by Gasteiger charge is -2.38. The van der Waals surface area contributed by atoms with Crippen LogP contribution >= 0.6 is 0 Å². The molecule has 52 heavy (non-hydrogen) atoms. The van der Waals surface area contributed by atoms with Gasteiger partial charge in [0.1, 0.15) is 12.3 Å². The number of allylic oxidation sites excluding steroid dienone is 10. The summed E-state index contributed by atoms with van der Waals surface area (Å²) in [6, 6.07) is -0.191. The molecule has 0 spiro atoms. The van der Waals surface area contributed by atoms with Gasteiger partial charge in [0.05, 0.1) is 36.9 Å². The van der Waals surface area contributed by atoms with Crippen molar-refractivity contribution in [2.24, 2.45) is 27.2 Å². The zero-order chi connectivity index (χ0) is 37.3. The number of nitrogens with zero attached hydrogens (tertiary/aromatic N) is 2. The number of carbonyl (C=O) groups excluding carboxylic acids is 3. The minimum absolute atomic E-state index is 0.0108. The highest BCUT2D eigenvalue weighted by Gasteiger charge is 2.51. The Kier molecular flexibility index (Phi) is 9.92. The topological polar surface area (TPSA) is 157 Å². The van der Waals surface area contributed by atoms with Crippen LogP contribution in [-0.2, 0) is 33.3 Å². The van der Waals surface area contributed by atoms with Crippen molar-refractivity contribution in [3.8, 4) is 0 Å². The van der Waals surface area contributed by atoms with E-state index in [9.17, 15) is 19.5 Å². The first-order valence-corrected chi connectivity index (χ1v) is 17.0. The Morgan fingerprint density at radius 3 is 2.48 bits per heavy atom. The van der Waals surface area contributed by atoms with E-state index in [0.717, 1.165) is 56.4 Å². The molecular formula is C40H42N4O8. The number of hydrogen-bond acceptors (Lipinski definition) is 12. The lowest BCUT2D eigenvalue weighted by Crippen LogP contribution is -2.37. The zero-order valence-corrected chi connectivity index (χ0v) is 29.9. The van der Waals surface area contributed by atoms with Crippen LogP contribution in [0.1, 0.15) is 40.5 Å². The van der Waals surface area contributed by atoms with Crippen molar-refractivity contribution < 1.29 is 38.4 Å². The van der Waals surface area contributed by atoms with Gasteiger partial charge in [-0.1, -0.05) is 31.7 Å². The van der Waals surface area contributed by atoms with Crippen LogP contribution in [0.3, 0.4) is 0 Å². The van der Waals surface area contributed by atoms with Crippen molar-refractivity contribution in [1.82, 2.24) is 10.6 Å². The summed E-state index contributed by atoms with van der Waals surface area (Å²) in [5, 5.41) is 17.5. The Morgan fingerprint density at radius 1 is 1.06 bits per heavy atom. The molecule has 0 aromatic rings. The van der Waals surface area contributed by atoms with E-state index in [1.807, 2.05) is 51.2 Å². The van der Waals surface area contributed by atoms with Crippen LogP contribution in [0.15, 0.2) is 139 Å². The number of fused-ring (bicyclic) bond motifs is 9. The van der Waals surface area contributed by atoms with E-state index in [0.29, 0.717) is 42.1 Å². The lowest BCUT2D eigenvalue weighted by molar-refractivity contribution is -0.140. The maximum absolute atomic E-state index is 12.3. The molecule has 270 valence electrons. The van der Waals surface area contributed by atoms with Crippen LogP contribution in [0.4, 0.5) is 0 Å². The summed E-state index contributed by atoms with van der Waals surface area (Å²) in [7, 11) is 1.37. The van der Waals surface area contributed by atoms with Crippen LogP contribution in [0, 0.1) is 17.3 Å². The number of nitrogens with one attached hydrogen (secondary N) is 2. The van der Waals surface area contributed by atoms with Crippen LogP contribution in [0.5, 0.6) is 0 Å². The first-order chi connectivity index (χ1) is 24.9. The standard InChI is InChI=1S/C40H42N4O8/c1-8-26-21(2)31-14-35-28-11-9-25(17-50-19-45)29(18-51-20-46)40(28,6)37(44-35)16-32-23(4)39(52-24(5)47)36(43-32)15-34-27(10-12-38(48)49-7)22(3)30(42-34)13-33(26)41-31/h8-9,11,13-16,19-20,22,29-30,42,44,47H,1,5,10,12,17-18H2,2-4,6-7H3/b33-13-,35-14-,36-15-,37-16-/t22?,29-,30?,40+/m1/s1. The smallest absolute Gasteiger partial charge is 0.305 e. The molecule has 1 aliphatic carbocycles. The molecule has 0 radical (unpaired) electrons. The van der Waals surface area contributed by atoms with Crippen molar-refractivity contribution in [2.45, 2.75) is 46.6 Å². The van der Waals surface area contributed by atoms with Gasteiger partial charge in [0, 0.05) is 51.9 Å². The highest BCUT2D eigenvalue weighted by molar-refractivity contribution is 6.14. The molecule has 0 aromatic heterocycles. The summed E-state index contributed by atoms with van der Waals surface area (Å²) in [5.74, 6) is -0.955. The van der Waals surface area contributed by atoms with Crippen molar-refractivity contribution >= 4 is 30.3 Å². The summed E-state index contributed by atoms with van der Waals surface area (Å²) >= 11 is 0. The summed E-state index contributed by atoms with van der Waals surface area (Å²) in [5.41, 5.74) is 9.13. The van der Waals surface area contributed by atoms with Crippen LogP contribution in [0.2, 0.25) is 0 Å². The second kappa shape index (κ2) is 14.4. The highest BCUT2D eigenvalue weighted by atomic mass is 16.6. The number of rotatable bonds is 12. The van der Waals surface area contributed by atoms with Crippen LogP contribution in [0.25, 0.3) is 0 Å². The predicted molar refractivity (Wildman–Crippen MR) is 195 cm³/mol. The van der Waals surface area contributed by atoms with Gasteiger partial charge in [-0.2, -0.15) is 0 Å². The molecule has 5 aliphatic heterocycles. The van der Waals surface area contributed by atoms with E-state index in [-0.39, 0.29) is 37.6 Å². The maximum atomic E-state index is 12.3. The van der Waals surface area contributed by atoms with Crippen LogP contribution < -0.4 is 10.6 Å². The highest BCUT2D eigenvalue weighted by Crippen LogP contribution is 2.54. The van der Waals surface area contributed by atoms with Gasteiger partial charge in [-0.3, -0.25) is 14.4 Å². The Bertz CT molecular complexity index is 2010. The Hall–Kier alpha value is -5.91. The predicted octanol–water partition coefficient (Wildman–Crippen LogP) is 5.52. The van der Waals surface area contributed by atoms with Gasteiger partial charge in [0.25, 0.3) is 18.9 Å². The fourth-order valence-corrected chi connectivity index (χ4v) is 7.72. The molecular weight excluding hydrogens is 664 g/mol. The molecule has 6 aliphatic rings. The minimum Gasteiger partial charge on any atom is -0.481 e. The fraction of sp³-hybridized carbons (Fsp3) is 0.325. The van der Waals surface area contributed by atoms with E-state index < -0.39 is 17.3 Å². The van der Waals surface area contributed by atoms with Gasteiger partial charge < -0.3 is 34.7 Å². The third-order valence-corrected chi connectivity index (χ3v) is 10.6. The SMILES string of the molecule is C=CC1=C(C)C2=NC/1=C\C1NC(=C(CCC(=O)OC)C1C)/C=C1N=C(/C=C3\N/C(=C\2)C2=CC=C(COC=O)[C@@H](COC=O)[C@]23C)C(C)=C\1OC(=C)O. The first-order valence-electron chi connectivity index (χ1n) is 17.0. The first kappa shape index (κ1) is 35.9. The van der Waals surface area contributed by atoms with E-state index >= 15 is 0 Å². The largest absolute Gasteiger partial charge is 0.481 e. The number of methoxy groups -OCH3 is 1. The average Bonchev–Trinajstić information content (AvgIpc) is 3.77. The molecule has 12 heteroatoms.